The van der Waals surface area contributed by atoms with Crippen molar-refractivity contribution in [2.75, 3.05) is 5.32 Å². The Morgan fingerprint density at radius 3 is 2.35 bits per heavy atom. The zero-order chi connectivity index (χ0) is 18.4. The van der Waals surface area contributed by atoms with Crippen LogP contribution in [-0.2, 0) is 13.1 Å². The fourth-order valence-electron chi connectivity index (χ4n) is 2.45. The highest BCUT2D eigenvalue weighted by molar-refractivity contribution is 6.30. The van der Waals surface area contributed by atoms with Gasteiger partial charge in [-0.25, -0.2) is 0 Å². The van der Waals surface area contributed by atoms with Gasteiger partial charge in [-0.2, -0.15) is 0 Å². The molecule has 1 aromatic heterocycles. The van der Waals surface area contributed by atoms with Crippen LogP contribution < -0.4 is 10.6 Å². The van der Waals surface area contributed by atoms with Gasteiger partial charge in [0.2, 0.25) is 0 Å². The Labute approximate surface area is 158 Å². The minimum Gasteiger partial charge on any atom is -0.381 e. The number of nitrogens with one attached hydrogen (secondary N) is 2. The van der Waals surface area contributed by atoms with Crippen LogP contribution in [0, 0.1) is 6.92 Å². The number of pyridine rings is 1. The van der Waals surface area contributed by atoms with Gasteiger partial charge in [0.05, 0.1) is 0 Å². The Kier molecular flexibility index (Phi) is 5.87. The maximum absolute atomic E-state index is 12.3. The summed E-state index contributed by atoms with van der Waals surface area (Å²) in [5.74, 6) is -0.209. The molecule has 0 radical (unpaired) electrons. The van der Waals surface area contributed by atoms with E-state index in [1.807, 2.05) is 18.2 Å². The first-order valence-electron chi connectivity index (χ1n) is 8.38. The summed E-state index contributed by atoms with van der Waals surface area (Å²) in [4.78, 5) is 16.5. The Hall–Kier alpha value is -2.85. The van der Waals surface area contributed by atoms with Crippen LogP contribution >= 0.6 is 11.6 Å². The van der Waals surface area contributed by atoms with Crippen LogP contribution in [0.25, 0.3) is 0 Å². The smallest absolute Gasteiger partial charge is 0.270 e. The van der Waals surface area contributed by atoms with Crippen molar-refractivity contribution in [1.82, 2.24) is 10.3 Å². The largest absolute Gasteiger partial charge is 0.381 e. The first kappa shape index (κ1) is 18.0. The normalized spacial score (nSPS) is 10.4. The molecular formula is C21H20ClN3O. The number of rotatable bonds is 6. The number of hydrogen-bond acceptors (Lipinski definition) is 3. The molecule has 0 fully saturated rings. The molecule has 0 saturated carbocycles. The second-order valence-corrected chi connectivity index (χ2v) is 6.51. The van der Waals surface area contributed by atoms with E-state index in [-0.39, 0.29) is 5.91 Å². The molecule has 3 rings (SSSR count). The van der Waals surface area contributed by atoms with Crippen LogP contribution in [0.4, 0.5) is 5.69 Å². The fraction of sp³-hybridized carbons (Fsp3) is 0.143. The highest BCUT2D eigenvalue weighted by Crippen LogP contribution is 2.12. The highest BCUT2D eigenvalue weighted by Gasteiger charge is 2.08. The molecule has 2 aromatic carbocycles. The van der Waals surface area contributed by atoms with Gasteiger partial charge in [0.1, 0.15) is 5.69 Å². The third kappa shape index (κ3) is 5.07. The Balaban J connectivity index is 1.58. The van der Waals surface area contributed by atoms with E-state index in [0.29, 0.717) is 23.8 Å². The zero-order valence-corrected chi connectivity index (χ0v) is 15.3. The van der Waals surface area contributed by atoms with Crippen molar-refractivity contribution < 1.29 is 4.79 Å². The highest BCUT2D eigenvalue weighted by atomic mass is 35.5. The number of benzene rings is 2. The Morgan fingerprint density at radius 2 is 1.62 bits per heavy atom. The maximum atomic E-state index is 12.3. The van der Waals surface area contributed by atoms with Crippen molar-refractivity contribution in [3.05, 3.63) is 94.3 Å². The second-order valence-electron chi connectivity index (χ2n) is 6.08. The Bertz CT molecular complexity index is 877. The first-order valence-corrected chi connectivity index (χ1v) is 8.76. The molecule has 0 saturated heterocycles. The quantitative estimate of drug-likeness (QED) is 0.672. The molecule has 5 heteroatoms. The van der Waals surface area contributed by atoms with Crippen molar-refractivity contribution in [1.29, 1.82) is 0 Å². The SMILES string of the molecule is Cc1ccc(CNc2ccnc(C(=O)NCc3ccc(Cl)cc3)c2)cc1. The number of amides is 1. The van der Waals surface area contributed by atoms with Gasteiger partial charge in [-0.15, -0.1) is 0 Å². The molecule has 26 heavy (non-hydrogen) atoms. The van der Waals surface area contributed by atoms with Crippen molar-refractivity contribution in [2.24, 2.45) is 0 Å². The summed E-state index contributed by atoms with van der Waals surface area (Å²) in [5, 5.41) is 6.87. The third-order valence-corrected chi connectivity index (χ3v) is 4.23. The predicted molar refractivity (Wildman–Crippen MR) is 105 cm³/mol. The van der Waals surface area contributed by atoms with Crippen LogP contribution in [-0.4, -0.2) is 10.9 Å². The molecule has 3 aromatic rings. The molecule has 0 unspecified atom stereocenters. The molecule has 4 nitrogen and oxygen atoms in total. The molecule has 0 aliphatic rings. The molecule has 0 aliphatic carbocycles. The van der Waals surface area contributed by atoms with Crippen molar-refractivity contribution in [2.45, 2.75) is 20.0 Å². The third-order valence-electron chi connectivity index (χ3n) is 3.98. The summed E-state index contributed by atoms with van der Waals surface area (Å²) in [5.41, 5.74) is 4.64. The molecule has 132 valence electrons. The lowest BCUT2D eigenvalue weighted by Gasteiger charge is -2.09. The monoisotopic (exact) mass is 365 g/mol. The number of anilines is 1. The van der Waals surface area contributed by atoms with Gasteiger partial charge >= 0.3 is 0 Å². The molecule has 1 amide bonds. The van der Waals surface area contributed by atoms with Crippen LogP contribution in [0.2, 0.25) is 5.02 Å². The summed E-state index contributed by atoms with van der Waals surface area (Å²) >= 11 is 5.87. The van der Waals surface area contributed by atoms with E-state index in [9.17, 15) is 4.79 Å². The fourth-order valence-corrected chi connectivity index (χ4v) is 2.58. The molecular weight excluding hydrogens is 346 g/mol. The summed E-state index contributed by atoms with van der Waals surface area (Å²) in [6.07, 6.45) is 1.63. The number of halogens is 1. The number of carbonyl (C=O) groups excluding carboxylic acids is 1. The van der Waals surface area contributed by atoms with E-state index >= 15 is 0 Å². The van der Waals surface area contributed by atoms with Crippen LogP contribution in [0.3, 0.4) is 0 Å². The summed E-state index contributed by atoms with van der Waals surface area (Å²) in [6, 6.07) is 19.3. The number of aromatic nitrogens is 1. The average molecular weight is 366 g/mol. The van der Waals surface area contributed by atoms with E-state index in [0.717, 1.165) is 11.3 Å². The van der Waals surface area contributed by atoms with Crippen molar-refractivity contribution >= 4 is 23.2 Å². The predicted octanol–water partition coefficient (Wildman–Crippen LogP) is 4.59. The minimum atomic E-state index is -0.209. The number of aryl methyl sites for hydroxylation is 1. The minimum absolute atomic E-state index is 0.209. The molecule has 2 N–H and O–H groups in total. The number of carbonyl (C=O) groups is 1. The van der Waals surface area contributed by atoms with Gasteiger partial charge in [-0.05, 0) is 42.3 Å². The molecule has 0 atom stereocenters. The van der Waals surface area contributed by atoms with Gasteiger partial charge in [-0.1, -0.05) is 53.6 Å². The van der Waals surface area contributed by atoms with Crippen LogP contribution in [0.1, 0.15) is 27.2 Å². The van der Waals surface area contributed by atoms with Gasteiger partial charge < -0.3 is 10.6 Å². The number of hydrogen-bond donors (Lipinski definition) is 2. The van der Waals surface area contributed by atoms with Crippen molar-refractivity contribution in [3.8, 4) is 0 Å². The van der Waals surface area contributed by atoms with E-state index in [2.05, 4.69) is 46.8 Å². The van der Waals surface area contributed by atoms with Gasteiger partial charge in [0.25, 0.3) is 5.91 Å². The van der Waals surface area contributed by atoms with Crippen LogP contribution in [0.15, 0.2) is 66.9 Å². The number of nitrogens with zero attached hydrogens (tertiary/aromatic N) is 1. The second kappa shape index (κ2) is 8.50. The van der Waals surface area contributed by atoms with E-state index in [1.165, 1.54) is 11.1 Å². The topological polar surface area (TPSA) is 54.0 Å². The van der Waals surface area contributed by atoms with E-state index in [4.69, 9.17) is 11.6 Å². The molecule has 0 spiro atoms. The first-order chi connectivity index (χ1) is 12.6. The molecule has 0 bridgehead atoms. The maximum Gasteiger partial charge on any atom is 0.270 e. The summed E-state index contributed by atoms with van der Waals surface area (Å²) < 4.78 is 0. The van der Waals surface area contributed by atoms with Crippen LogP contribution in [0.5, 0.6) is 0 Å². The van der Waals surface area contributed by atoms with Gasteiger partial charge in [-0.3, -0.25) is 9.78 Å². The van der Waals surface area contributed by atoms with E-state index < -0.39 is 0 Å². The Morgan fingerprint density at radius 1 is 0.962 bits per heavy atom. The summed E-state index contributed by atoms with van der Waals surface area (Å²) in [6.45, 7) is 3.18. The lowest BCUT2D eigenvalue weighted by Crippen LogP contribution is -2.23. The van der Waals surface area contributed by atoms with Gasteiger partial charge in [0.15, 0.2) is 0 Å². The average Bonchev–Trinajstić information content (AvgIpc) is 2.67. The van der Waals surface area contributed by atoms with Gasteiger partial charge in [0, 0.05) is 30.0 Å². The van der Waals surface area contributed by atoms with E-state index in [1.54, 1.807) is 24.4 Å². The molecule has 1 heterocycles. The molecule has 0 aliphatic heterocycles. The lowest BCUT2D eigenvalue weighted by molar-refractivity contribution is 0.0946. The zero-order valence-electron chi connectivity index (χ0n) is 14.5. The lowest BCUT2D eigenvalue weighted by atomic mass is 10.1. The van der Waals surface area contributed by atoms with Crippen molar-refractivity contribution in [3.63, 3.8) is 0 Å². The summed E-state index contributed by atoms with van der Waals surface area (Å²) in [7, 11) is 0. The standard InChI is InChI=1S/C21H20ClN3O/c1-15-2-4-16(5-3-15)13-24-19-10-11-23-20(12-19)21(26)25-14-17-6-8-18(22)9-7-17/h2-12H,13-14H2,1H3,(H,23,24)(H,25,26).